The molecule has 100 valence electrons. The Hall–Kier alpha value is -1.31. The van der Waals surface area contributed by atoms with Crippen molar-refractivity contribution in [3.8, 4) is 0 Å². The molecule has 1 atom stereocenters. The minimum absolute atomic E-state index is 0.374. The van der Waals surface area contributed by atoms with E-state index in [0.717, 1.165) is 23.6 Å². The van der Waals surface area contributed by atoms with Crippen molar-refractivity contribution in [3.05, 3.63) is 70.2 Å². The van der Waals surface area contributed by atoms with E-state index in [1.165, 1.54) is 11.1 Å². The van der Waals surface area contributed by atoms with Crippen LogP contribution in [0.25, 0.3) is 0 Å². The predicted octanol–water partition coefficient (Wildman–Crippen LogP) is 4.89. The molecule has 2 rings (SSSR count). The second-order valence-corrected chi connectivity index (χ2v) is 5.25. The first-order chi connectivity index (χ1) is 9.20. The van der Waals surface area contributed by atoms with Crippen molar-refractivity contribution >= 4 is 11.6 Å². The van der Waals surface area contributed by atoms with Gasteiger partial charge in [-0.25, -0.2) is 0 Å². The molecule has 0 heterocycles. The molecule has 2 aromatic carbocycles. The molecule has 0 aliphatic carbocycles. The van der Waals surface area contributed by atoms with Crippen LogP contribution in [0.2, 0.25) is 5.02 Å². The fourth-order valence-electron chi connectivity index (χ4n) is 2.21. The van der Waals surface area contributed by atoms with Crippen molar-refractivity contribution in [1.29, 1.82) is 0 Å². The summed E-state index contributed by atoms with van der Waals surface area (Å²) >= 11 is 6.26. The summed E-state index contributed by atoms with van der Waals surface area (Å²) in [6.45, 7) is 5.05. The molecular weight excluding hydrogens is 254 g/mol. The largest absolute Gasteiger partial charge is 0.306 e. The van der Waals surface area contributed by atoms with Gasteiger partial charge in [-0.3, -0.25) is 0 Å². The maximum Gasteiger partial charge on any atom is 0.0453 e. The lowest BCUT2D eigenvalue weighted by Gasteiger charge is -2.18. The number of nitrogens with one attached hydrogen (secondary N) is 1. The molecular formula is C17H20ClN. The number of hydrogen-bond acceptors (Lipinski definition) is 1. The van der Waals surface area contributed by atoms with Crippen LogP contribution in [0.1, 0.15) is 36.1 Å². The summed E-state index contributed by atoms with van der Waals surface area (Å²) in [7, 11) is 0. The zero-order chi connectivity index (χ0) is 13.7. The van der Waals surface area contributed by atoms with Crippen molar-refractivity contribution in [2.24, 2.45) is 0 Å². The lowest BCUT2D eigenvalue weighted by atomic mass is 10.0. The molecule has 0 saturated carbocycles. The van der Waals surface area contributed by atoms with E-state index in [1.54, 1.807) is 0 Å². The van der Waals surface area contributed by atoms with E-state index in [2.05, 4.69) is 55.6 Å². The van der Waals surface area contributed by atoms with Gasteiger partial charge in [0.1, 0.15) is 0 Å². The summed E-state index contributed by atoms with van der Waals surface area (Å²) < 4.78 is 0. The average molecular weight is 274 g/mol. The number of hydrogen-bond donors (Lipinski definition) is 1. The molecule has 0 amide bonds. The highest BCUT2D eigenvalue weighted by molar-refractivity contribution is 6.31. The molecule has 0 spiro atoms. The van der Waals surface area contributed by atoms with E-state index in [9.17, 15) is 0 Å². The summed E-state index contributed by atoms with van der Waals surface area (Å²) in [5.74, 6) is 0. The molecule has 0 aliphatic heterocycles. The van der Waals surface area contributed by atoms with Gasteiger partial charge in [-0.2, -0.15) is 0 Å². The van der Waals surface area contributed by atoms with Gasteiger partial charge in [0, 0.05) is 17.6 Å². The van der Waals surface area contributed by atoms with Gasteiger partial charge in [0.05, 0.1) is 0 Å². The molecule has 0 aromatic heterocycles. The molecule has 1 N–H and O–H groups in total. The van der Waals surface area contributed by atoms with E-state index in [-0.39, 0.29) is 0 Å². The van der Waals surface area contributed by atoms with Gasteiger partial charge in [0.25, 0.3) is 0 Å². The minimum atomic E-state index is 0.374. The van der Waals surface area contributed by atoms with E-state index in [0.29, 0.717) is 6.04 Å². The van der Waals surface area contributed by atoms with Crippen molar-refractivity contribution < 1.29 is 0 Å². The number of aryl methyl sites for hydroxylation is 1. The fourth-order valence-corrected chi connectivity index (χ4v) is 2.51. The van der Waals surface area contributed by atoms with Crippen molar-refractivity contribution in [3.63, 3.8) is 0 Å². The van der Waals surface area contributed by atoms with Crippen LogP contribution in [0.3, 0.4) is 0 Å². The minimum Gasteiger partial charge on any atom is -0.306 e. The van der Waals surface area contributed by atoms with Crippen molar-refractivity contribution in [2.45, 2.75) is 32.9 Å². The molecule has 19 heavy (non-hydrogen) atoms. The van der Waals surface area contributed by atoms with Crippen LogP contribution in [0.4, 0.5) is 0 Å². The Morgan fingerprint density at radius 3 is 2.47 bits per heavy atom. The van der Waals surface area contributed by atoms with Gasteiger partial charge >= 0.3 is 0 Å². The summed E-state index contributed by atoms with van der Waals surface area (Å²) in [4.78, 5) is 0. The van der Waals surface area contributed by atoms with Crippen LogP contribution in [-0.2, 0) is 6.54 Å². The molecule has 0 aliphatic rings. The SMILES string of the molecule is CCC(NCc1ccc(C)cc1Cl)c1ccccc1. The van der Waals surface area contributed by atoms with Gasteiger partial charge in [0.15, 0.2) is 0 Å². The average Bonchev–Trinajstić information content (AvgIpc) is 2.43. The molecule has 0 bridgehead atoms. The van der Waals surface area contributed by atoms with Crippen molar-refractivity contribution in [2.75, 3.05) is 0 Å². The number of benzene rings is 2. The summed E-state index contributed by atoms with van der Waals surface area (Å²) in [6.07, 6.45) is 1.06. The highest BCUT2D eigenvalue weighted by Crippen LogP contribution is 2.20. The third-order valence-electron chi connectivity index (χ3n) is 3.36. The van der Waals surface area contributed by atoms with Crippen LogP contribution in [0.15, 0.2) is 48.5 Å². The van der Waals surface area contributed by atoms with E-state index < -0.39 is 0 Å². The zero-order valence-electron chi connectivity index (χ0n) is 11.5. The maximum atomic E-state index is 6.26. The molecule has 1 unspecified atom stereocenters. The first-order valence-corrected chi connectivity index (χ1v) is 7.12. The molecule has 2 heteroatoms. The lowest BCUT2D eigenvalue weighted by molar-refractivity contribution is 0.519. The normalized spacial score (nSPS) is 12.4. The standard InChI is InChI=1S/C17H20ClN/c1-3-17(14-7-5-4-6-8-14)19-12-15-10-9-13(2)11-16(15)18/h4-11,17,19H,3,12H2,1-2H3. The Balaban J connectivity index is 2.04. The Bertz CT molecular complexity index is 522. The van der Waals surface area contributed by atoms with Crippen LogP contribution in [0, 0.1) is 6.92 Å². The van der Waals surface area contributed by atoms with Gasteiger partial charge in [-0.1, -0.05) is 61.0 Å². The predicted molar refractivity (Wildman–Crippen MR) is 82.5 cm³/mol. The van der Waals surface area contributed by atoms with E-state index in [1.807, 2.05) is 12.1 Å². The van der Waals surface area contributed by atoms with E-state index in [4.69, 9.17) is 11.6 Å². The molecule has 0 saturated heterocycles. The Kier molecular flexibility index (Phi) is 5.00. The Labute approximate surface area is 120 Å². The zero-order valence-corrected chi connectivity index (χ0v) is 12.2. The van der Waals surface area contributed by atoms with Crippen LogP contribution < -0.4 is 5.32 Å². The highest BCUT2D eigenvalue weighted by Gasteiger charge is 2.09. The number of halogens is 1. The summed E-state index contributed by atoms with van der Waals surface area (Å²) in [5.41, 5.74) is 3.68. The van der Waals surface area contributed by atoms with Gasteiger partial charge < -0.3 is 5.32 Å². The molecule has 2 aromatic rings. The Morgan fingerprint density at radius 2 is 1.84 bits per heavy atom. The first kappa shape index (κ1) is 14.1. The van der Waals surface area contributed by atoms with E-state index >= 15 is 0 Å². The van der Waals surface area contributed by atoms with Crippen LogP contribution >= 0.6 is 11.6 Å². The van der Waals surface area contributed by atoms with Gasteiger partial charge in [0.2, 0.25) is 0 Å². The first-order valence-electron chi connectivity index (χ1n) is 6.74. The number of rotatable bonds is 5. The Morgan fingerprint density at radius 1 is 1.11 bits per heavy atom. The lowest BCUT2D eigenvalue weighted by Crippen LogP contribution is -2.20. The fraction of sp³-hybridized carbons (Fsp3) is 0.294. The second-order valence-electron chi connectivity index (χ2n) is 4.85. The highest BCUT2D eigenvalue weighted by atomic mass is 35.5. The molecule has 0 radical (unpaired) electrons. The smallest absolute Gasteiger partial charge is 0.0453 e. The molecule has 1 nitrogen and oxygen atoms in total. The van der Waals surface area contributed by atoms with Gasteiger partial charge in [-0.05, 0) is 36.1 Å². The van der Waals surface area contributed by atoms with Crippen molar-refractivity contribution in [1.82, 2.24) is 5.32 Å². The van der Waals surface area contributed by atoms with Gasteiger partial charge in [-0.15, -0.1) is 0 Å². The second kappa shape index (κ2) is 6.74. The monoisotopic (exact) mass is 273 g/mol. The third-order valence-corrected chi connectivity index (χ3v) is 3.71. The molecule has 0 fully saturated rings. The quantitative estimate of drug-likeness (QED) is 0.818. The maximum absolute atomic E-state index is 6.26. The summed E-state index contributed by atoms with van der Waals surface area (Å²) in [6, 6.07) is 17.1. The third kappa shape index (κ3) is 3.82. The van der Waals surface area contributed by atoms with Crippen LogP contribution in [-0.4, -0.2) is 0 Å². The van der Waals surface area contributed by atoms with Crippen LogP contribution in [0.5, 0.6) is 0 Å². The topological polar surface area (TPSA) is 12.0 Å². The summed E-state index contributed by atoms with van der Waals surface area (Å²) in [5, 5.41) is 4.42.